The largest absolute Gasteiger partial charge is 0.497 e. The summed E-state index contributed by atoms with van der Waals surface area (Å²) in [5.74, 6) is 4.28. The third-order valence-electron chi connectivity index (χ3n) is 4.01. The Morgan fingerprint density at radius 2 is 1.93 bits per heavy atom. The van der Waals surface area contributed by atoms with Crippen LogP contribution in [0.25, 0.3) is 0 Å². The summed E-state index contributed by atoms with van der Waals surface area (Å²) >= 11 is 1.99. The van der Waals surface area contributed by atoms with E-state index in [2.05, 4.69) is 10.3 Å². The molecule has 0 bridgehead atoms. The number of nitrogens with two attached hydrogens (primary N) is 1. The van der Waals surface area contributed by atoms with Gasteiger partial charge in [-0.1, -0.05) is 6.07 Å². The van der Waals surface area contributed by atoms with Crippen LogP contribution in [0.4, 0.5) is 15.8 Å². The van der Waals surface area contributed by atoms with E-state index < -0.39 is 17.6 Å². The summed E-state index contributed by atoms with van der Waals surface area (Å²) in [4.78, 5) is 29.4. The van der Waals surface area contributed by atoms with E-state index >= 15 is 0 Å². The minimum atomic E-state index is -0.770. The highest BCUT2D eigenvalue weighted by atomic mass is 127. The fraction of sp³-hybridized carbons (Fsp3) is 0.0500. The highest BCUT2D eigenvalue weighted by molar-refractivity contribution is 14.1. The molecule has 0 saturated heterocycles. The second-order valence-electron chi connectivity index (χ2n) is 5.88. The van der Waals surface area contributed by atoms with E-state index in [1.54, 1.807) is 24.3 Å². The summed E-state index contributed by atoms with van der Waals surface area (Å²) in [7, 11) is 1.47. The van der Waals surface area contributed by atoms with Gasteiger partial charge < -0.3 is 10.1 Å². The predicted octanol–water partition coefficient (Wildman–Crippen LogP) is 3.73. The van der Waals surface area contributed by atoms with Gasteiger partial charge in [0, 0.05) is 15.3 Å². The Labute approximate surface area is 179 Å². The zero-order valence-electron chi connectivity index (χ0n) is 15.2. The molecular formula is C20H16FIN4O3. The molecule has 3 aromatic rings. The number of nitrogens with zero attached hydrogens (tertiary/aromatic N) is 2. The molecule has 2 aromatic carbocycles. The second kappa shape index (κ2) is 8.97. The third kappa shape index (κ3) is 4.69. The SMILES string of the molecule is COc1cccc(C(=O)N(N)C(=O)c2ccncc2Nc2ccc(I)cc2F)c1. The van der Waals surface area contributed by atoms with E-state index in [0.717, 1.165) is 3.57 Å². The Morgan fingerprint density at radius 3 is 2.66 bits per heavy atom. The van der Waals surface area contributed by atoms with Gasteiger partial charge in [-0.2, -0.15) is 0 Å². The first-order valence-corrected chi connectivity index (χ1v) is 9.42. The van der Waals surface area contributed by atoms with Crippen LogP contribution in [0.3, 0.4) is 0 Å². The van der Waals surface area contributed by atoms with E-state index in [4.69, 9.17) is 10.6 Å². The standard InChI is InChI=1S/C20H16FIN4O3/c1-29-14-4-2-3-12(9-14)19(27)26(23)20(28)15-7-8-24-11-18(15)25-17-6-5-13(22)10-16(17)21/h2-11,25H,23H2,1H3. The number of amides is 2. The number of anilines is 2. The van der Waals surface area contributed by atoms with Crippen molar-refractivity contribution in [3.05, 3.63) is 81.4 Å². The van der Waals surface area contributed by atoms with Crippen molar-refractivity contribution in [2.24, 2.45) is 5.84 Å². The number of hydrogen-bond acceptors (Lipinski definition) is 6. The fourth-order valence-electron chi connectivity index (χ4n) is 2.53. The number of carbonyl (C=O) groups is 2. The number of halogens is 2. The molecule has 7 nitrogen and oxygen atoms in total. The molecule has 0 aliphatic carbocycles. The molecule has 148 valence electrons. The number of hydrogen-bond donors (Lipinski definition) is 2. The number of aromatic nitrogens is 1. The van der Waals surface area contributed by atoms with E-state index in [-0.39, 0.29) is 22.5 Å². The van der Waals surface area contributed by atoms with Crippen molar-refractivity contribution in [3.8, 4) is 5.75 Å². The molecule has 0 spiro atoms. The molecule has 0 fully saturated rings. The van der Waals surface area contributed by atoms with E-state index in [1.807, 2.05) is 22.6 Å². The van der Waals surface area contributed by atoms with Crippen LogP contribution >= 0.6 is 22.6 Å². The Hall–Kier alpha value is -3.05. The van der Waals surface area contributed by atoms with Crippen molar-refractivity contribution < 1.29 is 18.7 Å². The lowest BCUT2D eigenvalue weighted by molar-refractivity contribution is 0.0616. The van der Waals surface area contributed by atoms with E-state index in [0.29, 0.717) is 10.8 Å². The monoisotopic (exact) mass is 506 g/mol. The lowest BCUT2D eigenvalue weighted by Gasteiger charge is -2.18. The number of rotatable bonds is 5. The maximum absolute atomic E-state index is 14.2. The first-order valence-electron chi connectivity index (χ1n) is 8.34. The minimum absolute atomic E-state index is 0.0664. The van der Waals surface area contributed by atoms with Crippen LogP contribution in [0, 0.1) is 9.39 Å². The number of benzene rings is 2. The van der Waals surface area contributed by atoms with Crippen molar-refractivity contribution in [2.45, 2.75) is 0 Å². The molecule has 0 aliphatic heterocycles. The van der Waals surface area contributed by atoms with Gasteiger partial charge in [0.1, 0.15) is 11.6 Å². The topological polar surface area (TPSA) is 97.5 Å². The Bertz CT molecular complexity index is 1080. The zero-order chi connectivity index (χ0) is 21.0. The number of methoxy groups -OCH3 is 1. The van der Waals surface area contributed by atoms with Crippen molar-refractivity contribution in [2.75, 3.05) is 12.4 Å². The van der Waals surface area contributed by atoms with Crippen molar-refractivity contribution in [3.63, 3.8) is 0 Å². The first kappa shape index (κ1) is 20.7. The van der Waals surface area contributed by atoms with Crippen molar-refractivity contribution >= 4 is 45.8 Å². The van der Waals surface area contributed by atoms with Gasteiger partial charge in [0.05, 0.1) is 30.2 Å². The average molecular weight is 506 g/mol. The van der Waals surface area contributed by atoms with Crippen LogP contribution < -0.4 is 15.9 Å². The molecule has 0 radical (unpaired) electrons. The minimum Gasteiger partial charge on any atom is -0.497 e. The van der Waals surface area contributed by atoms with Gasteiger partial charge in [0.2, 0.25) is 0 Å². The van der Waals surface area contributed by atoms with E-state index in [9.17, 15) is 14.0 Å². The molecule has 3 N–H and O–H groups in total. The van der Waals surface area contributed by atoms with Gasteiger partial charge in [-0.3, -0.25) is 14.6 Å². The molecular weight excluding hydrogens is 490 g/mol. The summed E-state index contributed by atoms with van der Waals surface area (Å²) < 4.78 is 20.0. The molecule has 0 aliphatic rings. The van der Waals surface area contributed by atoms with Gasteiger partial charge in [0.25, 0.3) is 11.8 Å². The Balaban J connectivity index is 1.88. The van der Waals surface area contributed by atoms with Gasteiger partial charge in [0.15, 0.2) is 0 Å². The van der Waals surface area contributed by atoms with Gasteiger partial charge in [-0.25, -0.2) is 15.2 Å². The summed E-state index contributed by atoms with van der Waals surface area (Å²) in [6, 6.07) is 12.3. The maximum Gasteiger partial charge on any atom is 0.277 e. The summed E-state index contributed by atoms with van der Waals surface area (Å²) in [5, 5.41) is 3.33. The summed E-state index contributed by atoms with van der Waals surface area (Å²) in [5.41, 5.74) is 0.630. The van der Waals surface area contributed by atoms with Crippen LogP contribution in [0.5, 0.6) is 5.75 Å². The van der Waals surface area contributed by atoms with Crippen molar-refractivity contribution in [1.82, 2.24) is 9.99 Å². The molecule has 0 atom stereocenters. The number of imide groups is 1. The highest BCUT2D eigenvalue weighted by Crippen LogP contribution is 2.25. The van der Waals surface area contributed by atoms with E-state index in [1.165, 1.54) is 43.8 Å². The summed E-state index contributed by atoms with van der Waals surface area (Å²) in [6.07, 6.45) is 2.74. The van der Waals surface area contributed by atoms with Crippen LogP contribution in [-0.4, -0.2) is 28.9 Å². The third-order valence-corrected chi connectivity index (χ3v) is 4.68. The molecule has 0 unspecified atom stereocenters. The molecule has 0 saturated carbocycles. The molecule has 9 heteroatoms. The van der Waals surface area contributed by atoms with Crippen LogP contribution in [0.15, 0.2) is 60.9 Å². The summed E-state index contributed by atoms with van der Waals surface area (Å²) in [6.45, 7) is 0. The first-order chi connectivity index (χ1) is 13.9. The van der Waals surface area contributed by atoms with Gasteiger partial charge >= 0.3 is 0 Å². The van der Waals surface area contributed by atoms with Crippen molar-refractivity contribution in [1.29, 1.82) is 0 Å². The molecule has 29 heavy (non-hydrogen) atoms. The normalized spacial score (nSPS) is 10.3. The number of ether oxygens (including phenoxy) is 1. The Kier molecular flexibility index (Phi) is 6.39. The average Bonchev–Trinajstić information content (AvgIpc) is 2.74. The lowest BCUT2D eigenvalue weighted by Crippen LogP contribution is -2.42. The quantitative estimate of drug-likeness (QED) is 0.180. The molecule has 1 heterocycles. The zero-order valence-corrected chi connectivity index (χ0v) is 17.4. The highest BCUT2D eigenvalue weighted by Gasteiger charge is 2.24. The molecule has 2 amide bonds. The number of nitrogens with one attached hydrogen (secondary N) is 1. The van der Waals surface area contributed by atoms with Gasteiger partial charge in [-0.15, -0.1) is 0 Å². The molecule has 3 rings (SSSR count). The van der Waals surface area contributed by atoms with Gasteiger partial charge in [-0.05, 0) is 65.1 Å². The fourth-order valence-corrected chi connectivity index (χ4v) is 2.99. The number of hydrazine groups is 1. The predicted molar refractivity (Wildman–Crippen MR) is 114 cm³/mol. The lowest BCUT2D eigenvalue weighted by atomic mass is 10.1. The second-order valence-corrected chi connectivity index (χ2v) is 7.13. The molecule has 1 aromatic heterocycles. The maximum atomic E-state index is 14.2. The van der Waals surface area contributed by atoms with Crippen LogP contribution in [0.1, 0.15) is 20.7 Å². The van der Waals surface area contributed by atoms with Crippen LogP contribution in [0.2, 0.25) is 0 Å². The number of carbonyl (C=O) groups excluding carboxylic acids is 2. The Morgan fingerprint density at radius 1 is 1.14 bits per heavy atom. The smallest absolute Gasteiger partial charge is 0.277 e. The number of pyridine rings is 1. The van der Waals surface area contributed by atoms with Crippen LogP contribution in [-0.2, 0) is 0 Å².